The number of nitrogens with one attached hydrogen (secondary N) is 1. The van der Waals surface area contributed by atoms with Gasteiger partial charge in [0.25, 0.3) is 0 Å². The molecule has 1 aromatic carbocycles. The van der Waals surface area contributed by atoms with Crippen LogP contribution in [0.15, 0.2) is 34.9 Å². The van der Waals surface area contributed by atoms with E-state index in [1.807, 2.05) is 52.8 Å². The molecule has 0 bridgehead atoms. The monoisotopic (exact) mass is 461 g/mol. The van der Waals surface area contributed by atoms with E-state index in [1.165, 1.54) is 4.90 Å². The molecule has 0 radical (unpaired) electrons. The molecule has 2 heterocycles. The van der Waals surface area contributed by atoms with Gasteiger partial charge in [-0.25, -0.2) is 0 Å². The van der Waals surface area contributed by atoms with Crippen molar-refractivity contribution in [2.45, 2.75) is 71.1 Å². The molecule has 1 saturated heterocycles. The fourth-order valence-corrected chi connectivity index (χ4v) is 4.04. The first kappa shape index (κ1) is 24.3. The fourth-order valence-electron chi connectivity index (χ4n) is 3.92. The summed E-state index contributed by atoms with van der Waals surface area (Å²) in [5, 5.41) is 17.9. The van der Waals surface area contributed by atoms with Crippen LogP contribution in [0.4, 0.5) is 0 Å². The summed E-state index contributed by atoms with van der Waals surface area (Å²) in [5.41, 5.74) is 1.46. The van der Waals surface area contributed by atoms with Crippen LogP contribution < -0.4 is 5.32 Å². The van der Waals surface area contributed by atoms with Crippen LogP contribution in [0.5, 0.6) is 0 Å². The summed E-state index contributed by atoms with van der Waals surface area (Å²) in [5.74, 6) is -0.703. The number of hydrogen-bond donors (Lipinski definition) is 2. The highest BCUT2D eigenvalue weighted by Gasteiger charge is 2.43. The molecular weight excluding hydrogens is 430 g/mol. The van der Waals surface area contributed by atoms with E-state index in [-0.39, 0.29) is 36.1 Å². The molecule has 1 fully saturated rings. The molecule has 0 saturated carbocycles. The molecule has 2 N–H and O–H groups in total. The number of aliphatic hydroxyl groups is 1. The number of β-amino-alcohol motifs (C(OH)–C–C–N with tert-alkyl or cyclic N) is 1. The Kier molecular flexibility index (Phi) is 7.30. The first-order chi connectivity index (χ1) is 15.0. The first-order valence-corrected chi connectivity index (χ1v) is 11.3. The van der Waals surface area contributed by atoms with Crippen molar-refractivity contribution in [3.8, 4) is 0 Å². The zero-order valence-electron chi connectivity index (χ0n) is 19.3. The van der Waals surface area contributed by atoms with E-state index >= 15 is 0 Å². The molecule has 8 heteroatoms. The second-order valence-electron chi connectivity index (χ2n) is 9.83. The Labute approximate surface area is 194 Å². The molecule has 0 aliphatic carbocycles. The van der Waals surface area contributed by atoms with Crippen molar-refractivity contribution in [3.05, 3.63) is 52.4 Å². The Morgan fingerprint density at radius 1 is 1.28 bits per heavy atom. The van der Waals surface area contributed by atoms with Crippen molar-refractivity contribution < 1.29 is 19.2 Å². The van der Waals surface area contributed by atoms with Crippen molar-refractivity contribution in [1.82, 2.24) is 15.4 Å². The molecule has 174 valence electrons. The number of aromatic nitrogens is 1. The number of aliphatic hydroxyl groups excluding tert-OH is 1. The van der Waals surface area contributed by atoms with Gasteiger partial charge >= 0.3 is 0 Å². The van der Waals surface area contributed by atoms with Crippen LogP contribution in [-0.4, -0.2) is 45.7 Å². The molecule has 1 aromatic heterocycles. The van der Waals surface area contributed by atoms with E-state index in [0.717, 1.165) is 11.3 Å². The zero-order chi connectivity index (χ0) is 23.6. The van der Waals surface area contributed by atoms with Gasteiger partial charge in [0.05, 0.1) is 11.8 Å². The summed E-state index contributed by atoms with van der Waals surface area (Å²) < 4.78 is 5.56. The predicted octanol–water partition coefficient (Wildman–Crippen LogP) is 3.64. The zero-order valence-corrected chi connectivity index (χ0v) is 20.0. The summed E-state index contributed by atoms with van der Waals surface area (Å²) in [6.07, 6.45) is -0.551. The highest BCUT2D eigenvalue weighted by Crippen LogP contribution is 2.33. The number of benzene rings is 1. The van der Waals surface area contributed by atoms with Gasteiger partial charge in [-0.3, -0.25) is 9.59 Å². The van der Waals surface area contributed by atoms with Gasteiger partial charge in [-0.15, -0.1) is 0 Å². The molecule has 0 spiro atoms. The predicted molar refractivity (Wildman–Crippen MR) is 122 cm³/mol. The van der Waals surface area contributed by atoms with E-state index in [9.17, 15) is 14.7 Å². The first-order valence-electron chi connectivity index (χ1n) is 10.9. The third kappa shape index (κ3) is 5.51. The van der Waals surface area contributed by atoms with Crippen LogP contribution >= 0.6 is 11.6 Å². The maximum Gasteiger partial charge on any atom is 0.243 e. The van der Waals surface area contributed by atoms with Gasteiger partial charge in [0, 0.05) is 36.0 Å². The second-order valence-corrected chi connectivity index (χ2v) is 10.3. The lowest BCUT2D eigenvalue weighted by molar-refractivity contribution is -0.141. The molecule has 3 rings (SSSR count). The number of nitrogens with zero attached hydrogens (tertiary/aromatic N) is 2. The molecule has 7 nitrogen and oxygen atoms in total. The second kappa shape index (κ2) is 9.63. The van der Waals surface area contributed by atoms with Gasteiger partial charge in [0.1, 0.15) is 17.7 Å². The average Bonchev–Trinajstić information content (AvgIpc) is 3.34. The lowest BCUT2D eigenvalue weighted by Crippen LogP contribution is -2.48. The molecular formula is C24H32ClN3O4. The third-order valence-corrected chi connectivity index (χ3v) is 6.03. The summed E-state index contributed by atoms with van der Waals surface area (Å²) in [7, 11) is 0. The van der Waals surface area contributed by atoms with E-state index in [2.05, 4.69) is 10.5 Å². The van der Waals surface area contributed by atoms with Crippen LogP contribution in [-0.2, 0) is 21.5 Å². The van der Waals surface area contributed by atoms with E-state index in [0.29, 0.717) is 17.3 Å². The number of carbonyl (C=O) groups is 2. The number of halogens is 1. The summed E-state index contributed by atoms with van der Waals surface area (Å²) in [6.45, 7) is 10.4. The minimum atomic E-state index is -0.752. The lowest BCUT2D eigenvalue weighted by atomic mass is 9.88. The van der Waals surface area contributed by atoms with Crippen molar-refractivity contribution in [2.75, 3.05) is 6.54 Å². The van der Waals surface area contributed by atoms with Gasteiger partial charge in [-0.1, -0.05) is 63.5 Å². The van der Waals surface area contributed by atoms with Gasteiger partial charge in [0.2, 0.25) is 11.8 Å². The van der Waals surface area contributed by atoms with Crippen LogP contribution in [0.25, 0.3) is 0 Å². The lowest BCUT2D eigenvalue weighted by Gasteiger charge is -2.28. The quantitative estimate of drug-likeness (QED) is 0.684. The molecule has 0 unspecified atom stereocenters. The van der Waals surface area contributed by atoms with Crippen LogP contribution in [0.2, 0.25) is 5.02 Å². The Hall–Kier alpha value is -2.38. The molecule has 3 atom stereocenters. The fraction of sp³-hybridized carbons (Fsp3) is 0.542. The maximum atomic E-state index is 13.6. The number of rotatable bonds is 6. The Bertz CT molecular complexity index is 949. The van der Waals surface area contributed by atoms with E-state index in [4.69, 9.17) is 16.1 Å². The SMILES string of the molecule is CC(C)[C@@H](C(=O)N1C[C@H](O)C[C@H]1C(=O)NCc1ccc(Cl)cc1)c1cc(C(C)(C)C)no1. The molecule has 2 amide bonds. The van der Waals surface area contributed by atoms with Gasteiger partial charge in [-0.2, -0.15) is 0 Å². The topological polar surface area (TPSA) is 95.7 Å². The molecule has 32 heavy (non-hydrogen) atoms. The normalized spacial score (nSPS) is 19.9. The van der Waals surface area contributed by atoms with E-state index < -0.39 is 18.1 Å². The van der Waals surface area contributed by atoms with Crippen LogP contribution in [0.3, 0.4) is 0 Å². The average molecular weight is 462 g/mol. The maximum absolute atomic E-state index is 13.6. The summed E-state index contributed by atoms with van der Waals surface area (Å²) in [6, 6.07) is 8.27. The van der Waals surface area contributed by atoms with Crippen molar-refractivity contribution in [2.24, 2.45) is 5.92 Å². The molecule has 1 aliphatic heterocycles. The van der Waals surface area contributed by atoms with Crippen LogP contribution in [0, 0.1) is 5.92 Å². The summed E-state index contributed by atoms with van der Waals surface area (Å²) >= 11 is 5.91. The Balaban J connectivity index is 1.76. The van der Waals surface area contributed by atoms with E-state index in [1.54, 1.807) is 12.1 Å². The van der Waals surface area contributed by atoms with Crippen molar-refractivity contribution >= 4 is 23.4 Å². The molecule has 2 aromatic rings. The molecule has 1 aliphatic rings. The largest absolute Gasteiger partial charge is 0.391 e. The number of amides is 2. The Morgan fingerprint density at radius 2 is 1.94 bits per heavy atom. The minimum absolute atomic E-state index is 0.0706. The number of carbonyl (C=O) groups excluding carboxylic acids is 2. The smallest absolute Gasteiger partial charge is 0.243 e. The third-order valence-electron chi connectivity index (χ3n) is 5.78. The number of likely N-dealkylation sites (tertiary alicyclic amines) is 1. The minimum Gasteiger partial charge on any atom is -0.391 e. The van der Waals surface area contributed by atoms with Crippen molar-refractivity contribution in [3.63, 3.8) is 0 Å². The van der Waals surface area contributed by atoms with Gasteiger partial charge in [0.15, 0.2) is 0 Å². The van der Waals surface area contributed by atoms with Crippen LogP contribution in [0.1, 0.15) is 64.0 Å². The highest BCUT2D eigenvalue weighted by atomic mass is 35.5. The Morgan fingerprint density at radius 3 is 2.50 bits per heavy atom. The number of hydrogen-bond acceptors (Lipinski definition) is 5. The highest BCUT2D eigenvalue weighted by molar-refractivity contribution is 6.30. The van der Waals surface area contributed by atoms with Gasteiger partial charge in [-0.05, 0) is 23.6 Å². The summed E-state index contributed by atoms with van der Waals surface area (Å²) in [4.78, 5) is 28.0. The standard InChI is InChI=1S/C24H32ClN3O4/c1-14(2)21(19-11-20(27-32-19)24(3,4)5)23(31)28-13-17(29)10-18(28)22(30)26-12-15-6-8-16(25)9-7-15/h6-9,11,14,17-18,21,29H,10,12-13H2,1-5H3,(H,26,30)/t17-,18+,21-/m1/s1. The van der Waals surface area contributed by atoms with Crippen molar-refractivity contribution in [1.29, 1.82) is 0 Å². The van der Waals surface area contributed by atoms with Gasteiger partial charge < -0.3 is 19.8 Å².